The third-order valence-corrected chi connectivity index (χ3v) is 4.54. The number of benzene rings is 2. The number of amides is 1. The van der Waals surface area contributed by atoms with Gasteiger partial charge in [0.05, 0.1) is 11.4 Å². The number of carbonyl (C=O) groups is 1. The van der Waals surface area contributed by atoms with Crippen LogP contribution in [0.3, 0.4) is 0 Å². The van der Waals surface area contributed by atoms with E-state index >= 15 is 0 Å². The molecule has 0 saturated carbocycles. The molecule has 2 aromatic carbocycles. The van der Waals surface area contributed by atoms with E-state index in [1.165, 1.54) is 0 Å². The molecule has 0 unspecified atom stereocenters. The fourth-order valence-corrected chi connectivity index (χ4v) is 2.89. The van der Waals surface area contributed by atoms with Gasteiger partial charge < -0.3 is 5.32 Å². The van der Waals surface area contributed by atoms with Crippen molar-refractivity contribution in [3.05, 3.63) is 66.0 Å². The van der Waals surface area contributed by atoms with E-state index in [-0.39, 0.29) is 11.4 Å². The molecule has 0 fully saturated rings. The second-order valence-corrected chi connectivity index (χ2v) is 6.63. The van der Waals surface area contributed by atoms with Gasteiger partial charge in [0.1, 0.15) is 5.82 Å². The predicted octanol–water partition coefficient (Wildman–Crippen LogP) is 1.46. The van der Waals surface area contributed by atoms with Crippen LogP contribution in [-0.2, 0) is 21.2 Å². The van der Waals surface area contributed by atoms with E-state index in [4.69, 9.17) is 0 Å². The minimum absolute atomic E-state index is 0.0871. The van der Waals surface area contributed by atoms with E-state index in [1.807, 2.05) is 30.3 Å². The fraction of sp³-hybridized carbons (Fsp3) is 0.188. The third kappa shape index (κ3) is 5.46. The lowest BCUT2D eigenvalue weighted by atomic mass is 10.1. The van der Waals surface area contributed by atoms with Crippen molar-refractivity contribution in [3.63, 3.8) is 0 Å². The smallest absolute Gasteiger partial charge is 0.241 e. The summed E-state index contributed by atoms with van der Waals surface area (Å²) in [6.45, 7) is 0.0512. The average molecular weight is 336 g/mol. The highest BCUT2D eigenvalue weighted by Gasteiger charge is 2.15. The molecule has 0 radical (unpaired) electrons. The molecular weight excluding hydrogens is 319 g/mol. The van der Waals surface area contributed by atoms with E-state index in [9.17, 15) is 17.6 Å². The summed E-state index contributed by atoms with van der Waals surface area (Å²) in [6, 6.07) is 14.0. The SMILES string of the molecule is O=C(CNS(=O)(=O)c1ccc(F)cc1)NCCc1ccccc1. The summed E-state index contributed by atoms with van der Waals surface area (Å²) in [6.07, 6.45) is 0.664. The van der Waals surface area contributed by atoms with Gasteiger partial charge in [-0.2, -0.15) is 0 Å². The standard InChI is InChI=1S/C16H17FN2O3S/c17-14-6-8-15(9-7-14)23(21,22)19-12-16(20)18-11-10-13-4-2-1-3-5-13/h1-9,19H,10-12H2,(H,18,20). The molecule has 5 nitrogen and oxygen atoms in total. The monoisotopic (exact) mass is 336 g/mol. The molecule has 1 amide bonds. The summed E-state index contributed by atoms with van der Waals surface area (Å²) in [4.78, 5) is 11.6. The van der Waals surface area contributed by atoms with Crippen molar-refractivity contribution in [2.24, 2.45) is 0 Å². The molecule has 0 aliphatic carbocycles. The number of hydrogen-bond acceptors (Lipinski definition) is 3. The molecular formula is C16H17FN2O3S. The number of carbonyl (C=O) groups excluding carboxylic acids is 1. The Labute approximate surface area is 134 Å². The van der Waals surface area contributed by atoms with Crippen molar-refractivity contribution in [1.29, 1.82) is 0 Å². The van der Waals surface area contributed by atoms with E-state index in [1.54, 1.807) is 0 Å². The molecule has 0 aliphatic heterocycles. The van der Waals surface area contributed by atoms with Gasteiger partial charge in [-0.15, -0.1) is 0 Å². The Morgan fingerprint density at radius 2 is 1.65 bits per heavy atom. The van der Waals surface area contributed by atoms with Gasteiger partial charge in [0.15, 0.2) is 0 Å². The summed E-state index contributed by atoms with van der Waals surface area (Å²) in [7, 11) is -3.83. The van der Waals surface area contributed by atoms with Gasteiger partial charge >= 0.3 is 0 Å². The van der Waals surface area contributed by atoms with Crippen LogP contribution in [0.15, 0.2) is 59.5 Å². The van der Waals surface area contributed by atoms with E-state index in [0.29, 0.717) is 13.0 Å². The lowest BCUT2D eigenvalue weighted by Crippen LogP contribution is -2.37. The van der Waals surface area contributed by atoms with Gasteiger partial charge in [-0.05, 0) is 36.2 Å². The Morgan fingerprint density at radius 1 is 1.00 bits per heavy atom. The Bertz CT molecular complexity index is 747. The van der Waals surface area contributed by atoms with Crippen molar-refractivity contribution in [1.82, 2.24) is 10.0 Å². The van der Waals surface area contributed by atoms with Crippen molar-refractivity contribution in [3.8, 4) is 0 Å². The maximum Gasteiger partial charge on any atom is 0.241 e. The van der Waals surface area contributed by atoms with Crippen molar-refractivity contribution < 1.29 is 17.6 Å². The molecule has 2 rings (SSSR count). The first-order valence-corrected chi connectivity index (χ1v) is 8.51. The van der Waals surface area contributed by atoms with Crippen LogP contribution in [0, 0.1) is 5.82 Å². The molecule has 0 aromatic heterocycles. The lowest BCUT2D eigenvalue weighted by Gasteiger charge is -2.08. The van der Waals surface area contributed by atoms with E-state index in [2.05, 4.69) is 10.0 Å². The van der Waals surface area contributed by atoms with E-state index in [0.717, 1.165) is 29.8 Å². The average Bonchev–Trinajstić information content (AvgIpc) is 2.54. The topological polar surface area (TPSA) is 75.3 Å². The highest BCUT2D eigenvalue weighted by molar-refractivity contribution is 7.89. The molecule has 0 aliphatic rings. The quantitative estimate of drug-likeness (QED) is 0.804. The molecule has 0 heterocycles. The van der Waals surface area contributed by atoms with Crippen LogP contribution in [0.4, 0.5) is 4.39 Å². The van der Waals surface area contributed by atoms with Crippen LogP contribution in [0.25, 0.3) is 0 Å². The van der Waals surface area contributed by atoms with Gasteiger partial charge in [0, 0.05) is 6.54 Å². The van der Waals surface area contributed by atoms with Crippen LogP contribution in [0.2, 0.25) is 0 Å². The van der Waals surface area contributed by atoms with Crippen LogP contribution >= 0.6 is 0 Å². The summed E-state index contributed by atoms with van der Waals surface area (Å²) in [5.41, 5.74) is 1.08. The number of hydrogen-bond donors (Lipinski definition) is 2. The summed E-state index contributed by atoms with van der Waals surface area (Å²) >= 11 is 0. The summed E-state index contributed by atoms with van der Waals surface area (Å²) in [5.74, 6) is -0.950. The molecule has 122 valence electrons. The van der Waals surface area contributed by atoms with Gasteiger partial charge in [0.2, 0.25) is 15.9 Å². The lowest BCUT2D eigenvalue weighted by molar-refractivity contribution is -0.119. The Morgan fingerprint density at radius 3 is 2.30 bits per heavy atom. The first-order chi connectivity index (χ1) is 11.0. The Kier molecular flexibility index (Phi) is 5.84. The molecule has 7 heteroatoms. The molecule has 2 aromatic rings. The van der Waals surface area contributed by atoms with Gasteiger partial charge in [-0.25, -0.2) is 17.5 Å². The second-order valence-electron chi connectivity index (χ2n) is 4.86. The maximum absolute atomic E-state index is 12.8. The van der Waals surface area contributed by atoms with Crippen LogP contribution in [0.1, 0.15) is 5.56 Å². The fourth-order valence-electron chi connectivity index (χ4n) is 1.91. The molecule has 0 atom stereocenters. The summed E-state index contributed by atoms with van der Waals surface area (Å²) in [5, 5.41) is 2.64. The van der Waals surface area contributed by atoms with Gasteiger partial charge in [0.25, 0.3) is 0 Å². The first kappa shape index (κ1) is 17.1. The Balaban J connectivity index is 1.78. The minimum atomic E-state index is -3.83. The summed E-state index contributed by atoms with van der Waals surface area (Å²) < 4.78 is 38.8. The van der Waals surface area contributed by atoms with Gasteiger partial charge in [-0.3, -0.25) is 4.79 Å². The zero-order valence-electron chi connectivity index (χ0n) is 12.3. The van der Waals surface area contributed by atoms with Crippen molar-refractivity contribution >= 4 is 15.9 Å². The number of nitrogens with one attached hydrogen (secondary N) is 2. The normalized spacial score (nSPS) is 11.2. The van der Waals surface area contributed by atoms with Crippen molar-refractivity contribution in [2.45, 2.75) is 11.3 Å². The molecule has 23 heavy (non-hydrogen) atoms. The van der Waals surface area contributed by atoms with Gasteiger partial charge in [-0.1, -0.05) is 30.3 Å². The number of rotatable bonds is 7. The third-order valence-electron chi connectivity index (χ3n) is 3.13. The largest absolute Gasteiger partial charge is 0.355 e. The zero-order chi connectivity index (χ0) is 16.7. The van der Waals surface area contributed by atoms with Crippen LogP contribution in [-0.4, -0.2) is 27.4 Å². The highest BCUT2D eigenvalue weighted by atomic mass is 32.2. The zero-order valence-corrected chi connectivity index (χ0v) is 13.1. The second kappa shape index (κ2) is 7.85. The molecule has 0 spiro atoms. The van der Waals surface area contributed by atoms with Crippen LogP contribution < -0.4 is 10.0 Å². The van der Waals surface area contributed by atoms with Crippen molar-refractivity contribution in [2.75, 3.05) is 13.1 Å². The highest BCUT2D eigenvalue weighted by Crippen LogP contribution is 2.09. The van der Waals surface area contributed by atoms with E-state index < -0.39 is 21.7 Å². The van der Waals surface area contributed by atoms with Crippen LogP contribution in [0.5, 0.6) is 0 Å². The number of sulfonamides is 1. The number of halogens is 1. The first-order valence-electron chi connectivity index (χ1n) is 7.03. The minimum Gasteiger partial charge on any atom is -0.355 e. The molecule has 2 N–H and O–H groups in total. The Hall–Kier alpha value is -2.25. The maximum atomic E-state index is 12.8. The molecule has 0 saturated heterocycles. The molecule has 0 bridgehead atoms. The predicted molar refractivity (Wildman–Crippen MR) is 84.7 cm³/mol.